The number of nitrogens with zero attached hydrogens (tertiary/aromatic N) is 2. The summed E-state index contributed by atoms with van der Waals surface area (Å²) in [6.45, 7) is 8.17. The van der Waals surface area contributed by atoms with Gasteiger partial charge in [-0.1, -0.05) is 27.7 Å². The van der Waals surface area contributed by atoms with Gasteiger partial charge in [0, 0.05) is 24.9 Å². The summed E-state index contributed by atoms with van der Waals surface area (Å²) < 4.78 is 0. The van der Waals surface area contributed by atoms with Gasteiger partial charge in [-0.15, -0.1) is 0 Å². The molecule has 2 aliphatic rings. The highest BCUT2D eigenvalue weighted by atomic mass is 16.2. The summed E-state index contributed by atoms with van der Waals surface area (Å²) in [5.41, 5.74) is 0. The van der Waals surface area contributed by atoms with Gasteiger partial charge >= 0.3 is 0 Å². The van der Waals surface area contributed by atoms with E-state index in [0.29, 0.717) is 25.8 Å². The van der Waals surface area contributed by atoms with E-state index in [1.165, 1.54) is 10.0 Å². The summed E-state index contributed by atoms with van der Waals surface area (Å²) >= 11 is 0. The van der Waals surface area contributed by atoms with Gasteiger partial charge < -0.3 is 5.32 Å². The van der Waals surface area contributed by atoms with Crippen molar-refractivity contribution in [2.24, 2.45) is 5.92 Å². The van der Waals surface area contributed by atoms with Crippen LogP contribution in [0.3, 0.4) is 0 Å². The molecule has 2 amide bonds. The third kappa shape index (κ3) is 3.32. The molecule has 0 bridgehead atoms. The van der Waals surface area contributed by atoms with Crippen LogP contribution in [0.2, 0.25) is 0 Å². The zero-order valence-electron chi connectivity index (χ0n) is 14.0. The molecule has 2 unspecified atom stereocenters. The number of rotatable bonds is 4. The molecule has 2 aliphatic heterocycles. The molecule has 0 aromatic rings. The van der Waals surface area contributed by atoms with Crippen molar-refractivity contribution in [3.05, 3.63) is 0 Å². The van der Waals surface area contributed by atoms with Gasteiger partial charge in [0.05, 0.1) is 6.04 Å². The highest BCUT2D eigenvalue weighted by Crippen LogP contribution is 2.26. The molecule has 0 aliphatic carbocycles. The maximum absolute atomic E-state index is 12.9. The summed E-state index contributed by atoms with van der Waals surface area (Å²) in [6.07, 6.45) is 2.24. The Morgan fingerprint density at radius 3 is 2.45 bits per heavy atom. The Bertz CT molecular complexity index is 462. The number of ketones is 1. The van der Waals surface area contributed by atoms with Gasteiger partial charge in [0.1, 0.15) is 6.04 Å². The van der Waals surface area contributed by atoms with E-state index in [9.17, 15) is 14.4 Å². The predicted molar refractivity (Wildman–Crippen MR) is 82.7 cm³/mol. The summed E-state index contributed by atoms with van der Waals surface area (Å²) in [7, 11) is 0. The molecule has 22 heavy (non-hydrogen) atoms. The second-order valence-electron chi connectivity index (χ2n) is 6.83. The number of hydrogen-bond acceptors (Lipinski definition) is 4. The van der Waals surface area contributed by atoms with Crippen LogP contribution in [0.15, 0.2) is 0 Å². The smallest absolute Gasteiger partial charge is 0.258 e. The normalized spacial score (nSPS) is 26.5. The lowest BCUT2D eigenvalue weighted by Crippen LogP contribution is -2.62. The van der Waals surface area contributed by atoms with E-state index in [-0.39, 0.29) is 29.6 Å². The summed E-state index contributed by atoms with van der Waals surface area (Å²) in [5.74, 6) is -0.301. The van der Waals surface area contributed by atoms with Crippen molar-refractivity contribution < 1.29 is 14.4 Å². The minimum absolute atomic E-state index is 0.0380. The van der Waals surface area contributed by atoms with Crippen LogP contribution >= 0.6 is 0 Å². The van der Waals surface area contributed by atoms with Crippen LogP contribution in [-0.4, -0.2) is 52.3 Å². The first kappa shape index (κ1) is 16.9. The van der Waals surface area contributed by atoms with Gasteiger partial charge in [-0.05, 0) is 19.3 Å². The molecule has 0 spiro atoms. The molecule has 2 fully saturated rings. The minimum Gasteiger partial charge on any atom is -0.304 e. The molecular formula is C16H27N3O3. The van der Waals surface area contributed by atoms with E-state index in [1.54, 1.807) is 0 Å². The molecule has 6 heteroatoms. The molecule has 2 atom stereocenters. The van der Waals surface area contributed by atoms with E-state index in [1.807, 2.05) is 27.7 Å². The fraction of sp³-hybridized carbons (Fsp3) is 0.812. The van der Waals surface area contributed by atoms with Crippen molar-refractivity contribution in [3.8, 4) is 0 Å². The second-order valence-corrected chi connectivity index (χ2v) is 6.83. The molecule has 0 radical (unpaired) electrons. The number of carbonyl (C=O) groups is 3. The lowest BCUT2D eigenvalue weighted by Gasteiger charge is -2.43. The van der Waals surface area contributed by atoms with E-state index >= 15 is 0 Å². The van der Waals surface area contributed by atoms with Crippen LogP contribution in [-0.2, 0) is 14.4 Å². The Kier molecular flexibility index (Phi) is 5.21. The maximum atomic E-state index is 12.9. The van der Waals surface area contributed by atoms with Crippen LogP contribution < -0.4 is 5.32 Å². The number of nitrogens with one attached hydrogen (secondary N) is 1. The molecule has 1 N–H and O–H groups in total. The fourth-order valence-corrected chi connectivity index (χ4v) is 3.23. The van der Waals surface area contributed by atoms with Gasteiger partial charge in [-0.3, -0.25) is 19.4 Å². The van der Waals surface area contributed by atoms with Crippen LogP contribution in [0.5, 0.6) is 0 Å². The SMILES string of the molecule is CC(C)NC1CCC(=O)N2CCCC(C(=O)C(C)C)N2C1=O. The average Bonchev–Trinajstić information content (AvgIpc) is 2.58. The van der Waals surface area contributed by atoms with Crippen molar-refractivity contribution in [2.75, 3.05) is 6.54 Å². The first-order valence-electron chi connectivity index (χ1n) is 8.26. The Labute approximate surface area is 132 Å². The van der Waals surface area contributed by atoms with Crippen molar-refractivity contribution >= 4 is 17.6 Å². The zero-order valence-corrected chi connectivity index (χ0v) is 14.0. The highest BCUT2D eigenvalue weighted by molar-refractivity contribution is 5.94. The van der Waals surface area contributed by atoms with Gasteiger partial charge in [0.2, 0.25) is 5.91 Å². The van der Waals surface area contributed by atoms with E-state index in [2.05, 4.69) is 5.32 Å². The van der Waals surface area contributed by atoms with Gasteiger partial charge in [-0.2, -0.15) is 0 Å². The van der Waals surface area contributed by atoms with Crippen molar-refractivity contribution in [1.29, 1.82) is 0 Å². The number of amides is 2. The number of fused-ring (bicyclic) bond motifs is 1. The van der Waals surface area contributed by atoms with E-state index in [4.69, 9.17) is 0 Å². The predicted octanol–water partition coefficient (Wildman–Crippen LogP) is 1.11. The summed E-state index contributed by atoms with van der Waals surface area (Å²) in [4.78, 5) is 37.8. The largest absolute Gasteiger partial charge is 0.304 e. The van der Waals surface area contributed by atoms with Crippen LogP contribution in [0.1, 0.15) is 53.4 Å². The summed E-state index contributed by atoms with van der Waals surface area (Å²) in [5, 5.41) is 6.20. The maximum Gasteiger partial charge on any atom is 0.258 e. The Morgan fingerprint density at radius 1 is 1.18 bits per heavy atom. The van der Waals surface area contributed by atoms with Gasteiger partial charge in [0.15, 0.2) is 5.78 Å². The molecule has 2 saturated heterocycles. The first-order valence-corrected chi connectivity index (χ1v) is 8.26. The van der Waals surface area contributed by atoms with Crippen molar-refractivity contribution in [3.63, 3.8) is 0 Å². The summed E-state index contributed by atoms with van der Waals surface area (Å²) in [6, 6.07) is -0.742. The molecule has 0 aromatic carbocycles. The lowest BCUT2D eigenvalue weighted by molar-refractivity contribution is -0.176. The van der Waals surface area contributed by atoms with Crippen LogP contribution in [0.4, 0.5) is 0 Å². The quantitative estimate of drug-likeness (QED) is 0.844. The van der Waals surface area contributed by atoms with E-state index < -0.39 is 12.1 Å². The molecule has 0 saturated carbocycles. The van der Waals surface area contributed by atoms with Crippen LogP contribution in [0, 0.1) is 5.92 Å². The second kappa shape index (κ2) is 6.77. The standard InChI is InChI=1S/C16H27N3O3/c1-10(2)15(21)13-6-5-9-18-14(20)8-7-12(17-11(3)4)16(22)19(13)18/h10-13,17H,5-9H2,1-4H3. The lowest BCUT2D eigenvalue weighted by atomic mass is 9.95. The zero-order chi connectivity index (χ0) is 16.4. The molecule has 2 heterocycles. The Hall–Kier alpha value is -1.43. The average molecular weight is 309 g/mol. The third-order valence-electron chi connectivity index (χ3n) is 4.29. The topological polar surface area (TPSA) is 69.7 Å². The third-order valence-corrected chi connectivity index (χ3v) is 4.29. The molecular weight excluding hydrogens is 282 g/mol. The fourth-order valence-electron chi connectivity index (χ4n) is 3.23. The van der Waals surface area contributed by atoms with Crippen molar-refractivity contribution in [1.82, 2.24) is 15.3 Å². The van der Waals surface area contributed by atoms with Gasteiger partial charge in [0.25, 0.3) is 5.91 Å². The monoisotopic (exact) mass is 309 g/mol. The number of carbonyl (C=O) groups excluding carboxylic acids is 3. The Morgan fingerprint density at radius 2 is 1.86 bits per heavy atom. The minimum atomic E-state index is -0.500. The first-order chi connectivity index (χ1) is 10.3. The molecule has 124 valence electrons. The molecule has 0 aromatic heterocycles. The number of hydrogen-bond donors (Lipinski definition) is 1. The number of hydrazine groups is 1. The van der Waals surface area contributed by atoms with Crippen molar-refractivity contribution in [2.45, 2.75) is 71.5 Å². The number of Topliss-reactive ketones (excluding diaryl/α,β-unsaturated/α-hetero) is 1. The molecule has 2 rings (SSSR count). The molecule has 6 nitrogen and oxygen atoms in total. The van der Waals surface area contributed by atoms with Crippen LogP contribution in [0.25, 0.3) is 0 Å². The van der Waals surface area contributed by atoms with E-state index in [0.717, 1.165) is 6.42 Å². The highest BCUT2D eigenvalue weighted by Gasteiger charge is 2.44. The Balaban J connectivity index is 2.31. The van der Waals surface area contributed by atoms with Gasteiger partial charge in [-0.25, -0.2) is 5.01 Å².